The Morgan fingerprint density at radius 1 is 0.909 bits per heavy atom. The summed E-state index contributed by atoms with van der Waals surface area (Å²) in [4.78, 5) is 25.1. The molecule has 0 spiro atoms. The molecule has 33 heavy (non-hydrogen) atoms. The van der Waals surface area contributed by atoms with E-state index in [1.807, 2.05) is 0 Å². The molecule has 4 fully saturated rings. The second-order valence-corrected chi connectivity index (χ2v) is 13.0. The number of rotatable bonds is 5. The molecular weight excluding hydrogens is 404 g/mol. The molecule has 0 aromatic rings. The molecule has 188 valence electrons. The molecule has 0 radical (unpaired) electrons. The second-order valence-electron chi connectivity index (χ2n) is 13.0. The molecule has 0 N–H and O–H groups in total. The Bertz CT molecular complexity index is 728. The number of carbonyl (C=O) groups excluding carboxylic acids is 2. The molecule has 0 amide bonds. The molecule has 0 heterocycles. The van der Waals surface area contributed by atoms with Crippen molar-refractivity contribution in [3.05, 3.63) is 13.2 Å². The Labute approximate surface area is 204 Å². The zero-order valence-electron chi connectivity index (χ0n) is 22.7. The maximum atomic E-state index is 13.1. The number of hydrogen-bond acceptors (Lipinski definition) is 2. The third-order valence-corrected chi connectivity index (χ3v) is 12.4. The van der Waals surface area contributed by atoms with Gasteiger partial charge in [0.2, 0.25) is 0 Å². The average Bonchev–Trinajstić information content (AvgIpc) is 2.81. The molecule has 4 rings (SSSR count). The van der Waals surface area contributed by atoms with Gasteiger partial charge in [-0.05, 0) is 97.7 Å². The van der Waals surface area contributed by atoms with Gasteiger partial charge in [0, 0.05) is 17.8 Å². The van der Waals surface area contributed by atoms with Crippen LogP contribution in [0.5, 0.6) is 0 Å². The van der Waals surface area contributed by atoms with Gasteiger partial charge in [0.05, 0.1) is 0 Å². The molecule has 0 saturated heterocycles. The first-order valence-corrected chi connectivity index (χ1v) is 14.1. The van der Waals surface area contributed by atoms with Crippen molar-refractivity contribution < 1.29 is 9.59 Å². The van der Waals surface area contributed by atoms with Crippen LogP contribution in [0.1, 0.15) is 119 Å². The number of Topliss-reactive ketones (excluding diaryl/α,β-unsaturated/α-hetero) is 1. The van der Waals surface area contributed by atoms with E-state index in [2.05, 4.69) is 54.7 Å². The molecule has 0 aliphatic heterocycles. The lowest BCUT2D eigenvalue weighted by Crippen LogP contribution is -2.65. The summed E-state index contributed by atoms with van der Waals surface area (Å²) in [6.45, 7) is 20.7. The van der Waals surface area contributed by atoms with Gasteiger partial charge in [-0.15, -0.1) is 13.2 Å². The van der Waals surface area contributed by atoms with Gasteiger partial charge < -0.3 is 4.79 Å². The number of fused-ring (bicyclic) bond motifs is 5. The summed E-state index contributed by atoms with van der Waals surface area (Å²) in [5, 5.41) is 0. The second kappa shape index (κ2) is 9.62. The van der Waals surface area contributed by atoms with Gasteiger partial charge in [-0.1, -0.05) is 54.4 Å². The van der Waals surface area contributed by atoms with Crippen molar-refractivity contribution in [2.45, 2.75) is 119 Å². The van der Waals surface area contributed by atoms with Crippen LogP contribution in [0.3, 0.4) is 0 Å². The molecule has 0 aromatic carbocycles. The lowest BCUT2D eigenvalue weighted by molar-refractivity contribution is -0.226. The van der Waals surface area contributed by atoms with Crippen LogP contribution in [-0.2, 0) is 9.59 Å². The van der Waals surface area contributed by atoms with Crippen LogP contribution < -0.4 is 0 Å². The van der Waals surface area contributed by atoms with Crippen molar-refractivity contribution in [3.63, 3.8) is 0 Å². The van der Waals surface area contributed by atoms with E-state index in [0.717, 1.165) is 31.6 Å². The molecule has 5 unspecified atom stereocenters. The van der Waals surface area contributed by atoms with E-state index in [0.29, 0.717) is 39.8 Å². The molecular formula is C31H52O2. The minimum Gasteiger partial charge on any atom is -0.303 e. The van der Waals surface area contributed by atoms with Crippen LogP contribution in [-0.4, -0.2) is 12.1 Å². The predicted octanol–water partition coefficient (Wildman–Crippen LogP) is 8.44. The lowest BCUT2D eigenvalue weighted by atomic mass is 9.33. The fraction of sp³-hybridized carbons (Fsp3) is 0.871. The highest BCUT2D eigenvalue weighted by atomic mass is 16.1. The van der Waals surface area contributed by atoms with Crippen LogP contribution in [0.2, 0.25) is 0 Å². The van der Waals surface area contributed by atoms with E-state index in [9.17, 15) is 9.59 Å². The number of ketones is 1. The van der Waals surface area contributed by atoms with Crippen LogP contribution in [0.4, 0.5) is 0 Å². The van der Waals surface area contributed by atoms with Crippen molar-refractivity contribution >= 4 is 12.1 Å². The summed E-state index contributed by atoms with van der Waals surface area (Å²) < 4.78 is 0. The third-order valence-electron chi connectivity index (χ3n) is 12.4. The van der Waals surface area contributed by atoms with Crippen LogP contribution in [0, 0.1) is 51.2 Å². The highest BCUT2D eigenvalue weighted by Gasteiger charge is 2.68. The summed E-state index contributed by atoms with van der Waals surface area (Å²) in [7, 11) is 0. The van der Waals surface area contributed by atoms with Crippen molar-refractivity contribution in [2.24, 2.45) is 51.2 Å². The van der Waals surface area contributed by atoms with Crippen LogP contribution >= 0.6 is 0 Å². The molecule has 4 saturated carbocycles. The van der Waals surface area contributed by atoms with Gasteiger partial charge in [-0.3, -0.25) is 4.79 Å². The Balaban J connectivity index is 0.00000149. The van der Waals surface area contributed by atoms with Crippen molar-refractivity contribution in [1.29, 1.82) is 0 Å². The quantitative estimate of drug-likeness (QED) is 0.307. The van der Waals surface area contributed by atoms with E-state index in [1.54, 1.807) is 0 Å². The first kappa shape index (κ1) is 26.7. The summed E-state index contributed by atoms with van der Waals surface area (Å²) in [5.41, 5.74) is 0.853. The molecule has 0 aromatic heterocycles. The fourth-order valence-electron chi connectivity index (χ4n) is 10.2. The fourth-order valence-corrected chi connectivity index (χ4v) is 10.2. The van der Waals surface area contributed by atoms with E-state index < -0.39 is 0 Å². The van der Waals surface area contributed by atoms with Crippen molar-refractivity contribution in [3.8, 4) is 0 Å². The SMILES string of the molecule is C=C.CCCCC1C2CCC3[C@@]4(C)CCC(=O)C(C)(CC)C4CC[C@@]3(C)[C@]2(C)CC[C@@H]1C=O. The summed E-state index contributed by atoms with van der Waals surface area (Å²) in [6.07, 6.45) is 15.4. The van der Waals surface area contributed by atoms with E-state index in [-0.39, 0.29) is 11.3 Å². The number of hydrogen-bond donors (Lipinski definition) is 0. The highest BCUT2D eigenvalue weighted by Crippen LogP contribution is 2.74. The topological polar surface area (TPSA) is 34.1 Å². The van der Waals surface area contributed by atoms with Gasteiger partial charge in [-0.2, -0.15) is 0 Å². The summed E-state index contributed by atoms with van der Waals surface area (Å²) in [5.74, 6) is 3.38. The maximum absolute atomic E-state index is 13.1. The Morgan fingerprint density at radius 3 is 2.18 bits per heavy atom. The summed E-state index contributed by atoms with van der Waals surface area (Å²) in [6, 6.07) is 0. The largest absolute Gasteiger partial charge is 0.303 e. The molecule has 2 nitrogen and oxygen atoms in total. The highest BCUT2D eigenvalue weighted by molar-refractivity contribution is 5.86. The minimum absolute atomic E-state index is 0.120. The standard InChI is InChI=1S/C29H48O2.C2H4/c1-7-9-10-21-20(19-30)13-17-28(5)22(21)11-12-24-27(4)16-15-25(31)26(3,8-2)23(27)14-18-29(24,28)6;1-2/h19-24H,7-18H2,1-6H3;1-2H2/t20-,21?,22?,23?,24?,26?,27+,28-,29-;/m1./s1. The maximum Gasteiger partial charge on any atom is 0.139 e. The van der Waals surface area contributed by atoms with E-state index in [4.69, 9.17) is 0 Å². The molecule has 2 heteroatoms. The Kier molecular flexibility index (Phi) is 7.77. The average molecular weight is 457 g/mol. The van der Waals surface area contributed by atoms with E-state index in [1.165, 1.54) is 57.7 Å². The van der Waals surface area contributed by atoms with Gasteiger partial charge in [0.1, 0.15) is 12.1 Å². The smallest absolute Gasteiger partial charge is 0.139 e. The normalized spacial score (nSPS) is 49.0. The first-order chi connectivity index (χ1) is 15.6. The molecule has 0 bridgehead atoms. The number of carbonyl (C=O) groups is 2. The number of unbranched alkanes of at least 4 members (excludes halogenated alkanes) is 1. The van der Waals surface area contributed by atoms with Gasteiger partial charge in [0.15, 0.2) is 0 Å². The van der Waals surface area contributed by atoms with Gasteiger partial charge >= 0.3 is 0 Å². The molecule has 4 aliphatic rings. The van der Waals surface area contributed by atoms with Crippen molar-refractivity contribution in [2.75, 3.05) is 0 Å². The molecule has 9 atom stereocenters. The predicted molar refractivity (Wildman–Crippen MR) is 139 cm³/mol. The van der Waals surface area contributed by atoms with Crippen LogP contribution in [0.25, 0.3) is 0 Å². The molecule has 4 aliphatic carbocycles. The van der Waals surface area contributed by atoms with Gasteiger partial charge in [-0.25, -0.2) is 0 Å². The first-order valence-electron chi connectivity index (χ1n) is 14.1. The monoisotopic (exact) mass is 456 g/mol. The lowest BCUT2D eigenvalue weighted by Gasteiger charge is -2.71. The minimum atomic E-state index is -0.120. The Hall–Kier alpha value is -0.920. The zero-order chi connectivity index (χ0) is 24.7. The third kappa shape index (κ3) is 3.72. The Morgan fingerprint density at radius 2 is 1.58 bits per heavy atom. The van der Waals surface area contributed by atoms with Crippen LogP contribution in [0.15, 0.2) is 13.2 Å². The van der Waals surface area contributed by atoms with Gasteiger partial charge in [0.25, 0.3) is 0 Å². The van der Waals surface area contributed by atoms with Crippen molar-refractivity contribution in [1.82, 2.24) is 0 Å². The van der Waals surface area contributed by atoms with E-state index >= 15 is 0 Å². The number of aldehydes is 1. The summed E-state index contributed by atoms with van der Waals surface area (Å²) >= 11 is 0. The zero-order valence-corrected chi connectivity index (χ0v) is 22.7.